The maximum atomic E-state index is 14.2. The predicted octanol–water partition coefficient (Wildman–Crippen LogP) is 4.45. The summed E-state index contributed by atoms with van der Waals surface area (Å²) < 4.78 is 13.5. The molecule has 0 radical (unpaired) electrons. The van der Waals surface area contributed by atoms with Gasteiger partial charge in [-0.25, -0.2) is 0 Å². The normalized spacial score (nSPS) is 22.3. The summed E-state index contributed by atoms with van der Waals surface area (Å²) in [5.74, 6) is 1.67. The minimum absolute atomic E-state index is 0.0478. The van der Waals surface area contributed by atoms with Gasteiger partial charge >= 0.3 is 0 Å². The molecule has 234 valence electrons. The molecule has 7 rings (SSSR count). The number of amides is 2. The van der Waals surface area contributed by atoms with Crippen molar-refractivity contribution in [2.45, 2.75) is 76.3 Å². The van der Waals surface area contributed by atoms with Crippen molar-refractivity contribution in [3.63, 3.8) is 0 Å². The zero-order valence-electron chi connectivity index (χ0n) is 25.7. The van der Waals surface area contributed by atoms with Crippen LogP contribution >= 0.6 is 0 Å². The largest absolute Gasteiger partial charge is 0.423 e. The average molecular weight is 602 g/mol. The van der Waals surface area contributed by atoms with E-state index in [1.54, 1.807) is 24.0 Å². The SMILES string of the molecule is Cn1nccc1C(=O)N[C@H](C(=O)Nc1cccc(C(c2nnc(C3CCC3)o2)N2CCOCC2)c1)C(C1CCC1)C1(C)CC1. The topological polar surface area (TPSA) is 127 Å². The molecule has 3 atom stereocenters. The van der Waals surface area contributed by atoms with Gasteiger partial charge < -0.3 is 19.8 Å². The molecule has 1 aliphatic heterocycles. The molecule has 1 saturated heterocycles. The Balaban J connectivity index is 1.16. The number of morpholine rings is 1. The Kier molecular flexibility index (Phi) is 8.01. The Morgan fingerprint density at radius 3 is 2.45 bits per heavy atom. The lowest BCUT2D eigenvalue weighted by Gasteiger charge is -2.42. The fourth-order valence-corrected chi connectivity index (χ4v) is 7.23. The van der Waals surface area contributed by atoms with E-state index in [-0.39, 0.29) is 29.2 Å². The molecule has 2 amide bonds. The van der Waals surface area contributed by atoms with Gasteiger partial charge in [0.2, 0.25) is 17.7 Å². The molecule has 0 spiro atoms. The highest BCUT2D eigenvalue weighted by atomic mass is 16.5. The van der Waals surface area contributed by atoms with Crippen molar-refractivity contribution in [3.05, 3.63) is 59.6 Å². The van der Waals surface area contributed by atoms with Crippen molar-refractivity contribution >= 4 is 17.5 Å². The van der Waals surface area contributed by atoms with E-state index < -0.39 is 6.04 Å². The van der Waals surface area contributed by atoms with Crippen molar-refractivity contribution in [3.8, 4) is 0 Å². The van der Waals surface area contributed by atoms with Gasteiger partial charge in [-0.15, -0.1) is 10.2 Å². The van der Waals surface area contributed by atoms with E-state index in [9.17, 15) is 9.59 Å². The van der Waals surface area contributed by atoms with E-state index in [0.717, 1.165) is 63.1 Å². The quantitative estimate of drug-likeness (QED) is 0.330. The molecule has 44 heavy (non-hydrogen) atoms. The number of ether oxygens (including phenoxy) is 1. The van der Waals surface area contributed by atoms with Gasteiger partial charge in [0.05, 0.1) is 13.2 Å². The maximum Gasteiger partial charge on any atom is 0.270 e. The summed E-state index contributed by atoms with van der Waals surface area (Å²) in [4.78, 5) is 30.0. The molecule has 3 aliphatic carbocycles. The molecule has 11 heteroatoms. The van der Waals surface area contributed by atoms with E-state index >= 15 is 0 Å². The van der Waals surface area contributed by atoms with Crippen LogP contribution in [0.1, 0.15) is 98.1 Å². The van der Waals surface area contributed by atoms with Crippen molar-refractivity contribution in [2.75, 3.05) is 31.6 Å². The van der Waals surface area contributed by atoms with Gasteiger partial charge in [0.25, 0.3) is 5.91 Å². The van der Waals surface area contributed by atoms with Gasteiger partial charge in [-0.3, -0.25) is 19.2 Å². The van der Waals surface area contributed by atoms with Gasteiger partial charge in [0.15, 0.2) is 0 Å². The number of nitrogens with zero attached hydrogens (tertiary/aromatic N) is 5. The molecule has 11 nitrogen and oxygen atoms in total. The van der Waals surface area contributed by atoms with Crippen LogP contribution in [0.3, 0.4) is 0 Å². The lowest BCUT2D eigenvalue weighted by atomic mass is 9.66. The van der Waals surface area contributed by atoms with E-state index in [4.69, 9.17) is 9.15 Å². The number of aromatic nitrogens is 4. The van der Waals surface area contributed by atoms with E-state index in [2.05, 4.69) is 37.8 Å². The maximum absolute atomic E-state index is 14.2. The second-order valence-electron chi connectivity index (χ2n) is 13.4. The minimum atomic E-state index is -0.658. The van der Waals surface area contributed by atoms with Gasteiger partial charge in [-0.2, -0.15) is 5.10 Å². The lowest BCUT2D eigenvalue weighted by molar-refractivity contribution is -0.121. The average Bonchev–Trinajstić information content (AvgIpc) is 3.31. The molecule has 3 aromatic rings. The predicted molar refractivity (Wildman–Crippen MR) is 163 cm³/mol. The molecule has 2 unspecified atom stereocenters. The summed E-state index contributed by atoms with van der Waals surface area (Å²) in [7, 11) is 1.74. The molecule has 3 heterocycles. The van der Waals surface area contributed by atoms with Gasteiger partial charge in [-0.1, -0.05) is 44.7 Å². The van der Waals surface area contributed by atoms with Crippen molar-refractivity contribution in [1.82, 2.24) is 30.2 Å². The first kappa shape index (κ1) is 29.2. The summed E-state index contributed by atoms with van der Waals surface area (Å²) in [6.45, 7) is 5.02. The minimum Gasteiger partial charge on any atom is -0.423 e. The smallest absolute Gasteiger partial charge is 0.270 e. The molecular weight excluding hydrogens is 558 g/mol. The van der Waals surface area contributed by atoms with Gasteiger partial charge in [0.1, 0.15) is 17.8 Å². The van der Waals surface area contributed by atoms with E-state index in [0.29, 0.717) is 42.3 Å². The van der Waals surface area contributed by atoms with Crippen LogP contribution < -0.4 is 10.6 Å². The third kappa shape index (κ3) is 5.79. The monoisotopic (exact) mass is 601 g/mol. The Bertz CT molecular complexity index is 1480. The van der Waals surface area contributed by atoms with E-state index in [1.807, 2.05) is 24.3 Å². The number of hydrogen-bond donors (Lipinski definition) is 2. The van der Waals surface area contributed by atoms with E-state index in [1.165, 1.54) is 12.8 Å². The first-order valence-electron chi connectivity index (χ1n) is 16.2. The summed E-state index contributed by atoms with van der Waals surface area (Å²) in [5.41, 5.74) is 2.13. The Hall–Kier alpha value is -3.57. The molecule has 4 aliphatic rings. The number of nitrogens with one attached hydrogen (secondary N) is 2. The summed E-state index contributed by atoms with van der Waals surface area (Å²) in [5, 5.41) is 19.4. The van der Waals surface area contributed by atoms with Crippen LogP contribution in [0, 0.1) is 17.3 Å². The Morgan fingerprint density at radius 2 is 1.82 bits per heavy atom. The van der Waals surface area contributed by atoms with Crippen LogP contribution in [0.2, 0.25) is 0 Å². The van der Waals surface area contributed by atoms with Crippen LogP contribution in [-0.4, -0.2) is 69.0 Å². The zero-order valence-corrected chi connectivity index (χ0v) is 25.7. The summed E-state index contributed by atoms with van der Waals surface area (Å²) in [6.07, 6.45) is 10.5. The third-order valence-corrected chi connectivity index (χ3v) is 10.5. The number of aryl methyl sites for hydroxylation is 1. The first-order valence-corrected chi connectivity index (χ1v) is 16.2. The highest BCUT2D eigenvalue weighted by Crippen LogP contribution is 2.58. The number of rotatable bonds is 11. The highest BCUT2D eigenvalue weighted by molar-refractivity contribution is 6.00. The number of benzene rings is 1. The Morgan fingerprint density at radius 1 is 1.05 bits per heavy atom. The lowest BCUT2D eigenvalue weighted by Crippen LogP contribution is -2.54. The molecule has 4 fully saturated rings. The van der Waals surface area contributed by atoms with Crippen LogP contribution in [0.15, 0.2) is 40.9 Å². The van der Waals surface area contributed by atoms with Crippen LogP contribution in [0.25, 0.3) is 0 Å². The number of hydrogen-bond acceptors (Lipinski definition) is 8. The molecular formula is C33H43N7O4. The molecule has 0 bridgehead atoms. The molecule has 1 aromatic carbocycles. The van der Waals surface area contributed by atoms with Crippen molar-refractivity contribution < 1.29 is 18.7 Å². The van der Waals surface area contributed by atoms with Gasteiger partial charge in [0, 0.05) is 37.9 Å². The van der Waals surface area contributed by atoms with Crippen molar-refractivity contribution in [2.24, 2.45) is 24.3 Å². The number of carbonyl (C=O) groups is 2. The van der Waals surface area contributed by atoms with Gasteiger partial charge in [-0.05, 0) is 66.7 Å². The van der Waals surface area contributed by atoms with Crippen LogP contribution in [0.4, 0.5) is 5.69 Å². The molecule has 3 saturated carbocycles. The fourth-order valence-electron chi connectivity index (χ4n) is 7.23. The first-order chi connectivity index (χ1) is 21.4. The Labute approximate surface area is 258 Å². The molecule has 2 N–H and O–H groups in total. The van der Waals surface area contributed by atoms with Crippen molar-refractivity contribution in [1.29, 1.82) is 0 Å². The second kappa shape index (κ2) is 12.1. The van der Waals surface area contributed by atoms with Crippen LogP contribution in [-0.2, 0) is 16.6 Å². The third-order valence-electron chi connectivity index (χ3n) is 10.5. The highest BCUT2D eigenvalue weighted by Gasteiger charge is 2.54. The summed E-state index contributed by atoms with van der Waals surface area (Å²) in [6, 6.07) is 8.69. The van der Waals surface area contributed by atoms with Crippen LogP contribution in [0.5, 0.6) is 0 Å². The fraction of sp³-hybridized carbons (Fsp3) is 0.606. The summed E-state index contributed by atoms with van der Waals surface area (Å²) >= 11 is 0. The second-order valence-corrected chi connectivity index (χ2v) is 13.4. The number of anilines is 1. The standard InChI is InChI=1S/C33H43N7O4/c1-33(13-14-33)26(21-6-3-7-21)27(36-29(41)25-12-15-34-39(25)2)30(42)35-24-11-5-10-23(20-24)28(40-16-18-43-19-17-40)32-38-37-31(44-32)22-8-4-9-22/h5,10-12,15,20-22,26-28H,3-4,6-9,13-14,16-19H2,1-2H3,(H,35,42)(H,36,41)/t26?,27-,28?/m0/s1. The molecule has 2 aromatic heterocycles. The number of carbonyl (C=O) groups excluding carboxylic acids is 2. The zero-order chi connectivity index (χ0) is 30.3.